The Morgan fingerprint density at radius 2 is 1.91 bits per heavy atom. The van der Waals surface area contributed by atoms with Crippen LogP contribution in [-0.2, 0) is 0 Å². The number of nitro groups is 1. The summed E-state index contributed by atoms with van der Waals surface area (Å²) in [6.45, 7) is 0. The lowest BCUT2D eigenvalue weighted by atomic mass is 10.1. The molecule has 7 heteroatoms. The van der Waals surface area contributed by atoms with E-state index in [9.17, 15) is 19.3 Å². The lowest BCUT2D eigenvalue weighted by Gasteiger charge is -2.03. The number of amides is 1. The highest BCUT2D eigenvalue weighted by molar-refractivity contribution is 6.12. The summed E-state index contributed by atoms with van der Waals surface area (Å²) in [7, 11) is 0. The molecule has 0 aliphatic carbocycles. The second-order valence-electron chi connectivity index (χ2n) is 4.55. The number of hydrogen-bond donors (Lipinski definition) is 1. The van der Waals surface area contributed by atoms with Gasteiger partial charge in [0.25, 0.3) is 11.6 Å². The van der Waals surface area contributed by atoms with Gasteiger partial charge in [0.1, 0.15) is 17.7 Å². The minimum atomic E-state index is -0.548. The van der Waals surface area contributed by atoms with E-state index in [0.29, 0.717) is 16.7 Å². The first-order valence-electron chi connectivity index (χ1n) is 6.27. The molecule has 0 unspecified atom stereocenters. The van der Waals surface area contributed by atoms with Crippen LogP contribution in [0.4, 0.5) is 15.8 Å². The Morgan fingerprint density at radius 1 is 1.18 bits per heavy atom. The zero-order valence-electron chi connectivity index (χ0n) is 11.1. The van der Waals surface area contributed by atoms with Crippen molar-refractivity contribution in [3.8, 4) is 0 Å². The third-order valence-electron chi connectivity index (χ3n) is 3.11. The highest BCUT2D eigenvalue weighted by Crippen LogP contribution is 2.26. The number of nitrogens with one attached hydrogen (secondary N) is 1. The average Bonchev–Trinajstić information content (AvgIpc) is 2.92. The molecule has 0 saturated carbocycles. The van der Waals surface area contributed by atoms with E-state index in [-0.39, 0.29) is 11.3 Å². The van der Waals surface area contributed by atoms with Crippen LogP contribution in [0.3, 0.4) is 0 Å². The van der Waals surface area contributed by atoms with Crippen molar-refractivity contribution in [2.75, 3.05) is 5.32 Å². The molecular formula is C15H9FN2O4. The highest BCUT2D eigenvalue weighted by atomic mass is 19.1. The number of nitrogens with zero attached hydrogens (tertiary/aromatic N) is 1. The van der Waals surface area contributed by atoms with Crippen LogP contribution in [0.25, 0.3) is 11.0 Å². The SMILES string of the molecule is O=C(Nc1ccc(F)cc1)c1coc2ccc([N+](=O)[O-])cc12. The zero-order chi connectivity index (χ0) is 15.7. The molecule has 1 aromatic heterocycles. The van der Waals surface area contributed by atoms with Crippen molar-refractivity contribution < 1.29 is 18.5 Å². The molecule has 0 bridgehead atoms. The molecule has 0 saturated heterocycles. The standard InChI is InChI=1S/C15H9FN2O4/c16-9-1-3-10(4-2-9)17-15(19)13-8-22-14-6-5-11(18(20)21)7-12(13)14/h1-8H,(H,17,19). The van der Waals surface area contributed by atoms with E-state index in [0.717, 1.165) is 0 Å². The molecule has 3 aromatic rings. The summed E-state index contributed by atoms with van der Waals surface area (Å²) >= 11 is 0. The number of anilines is 1. The Labute approximate surface area is 123 Å². The Morgan fingerprint density at radius 3 is 2.59 bits per heavy atom. The van der Waals surface area contributed by atoms with Crippen LogP contribution in [0, 0.1) is 15.9 Å². The first-order chi connectivity index (χ1) is 10.5. The Bertz CT molecular complexity index is 871. The molecule has 0 radical (unpaired) electrons. The van der Waals surface area contributed by atoms with Crippen molar-refractivity contribution in [2.45, 2.75) is 0 Å². The second kappa shape index (κ2) is 5.28. The predicted octanol–water partition coefficient (Wildman–Crippen LogP) is 3.73. The number of benzene rings is 2. The first-order valence-corrected chi connectivity index (χ1v) is 6.27. The monoisotopic (exact) mass is 300 g/mol. The molecule has 0 aliphatic rings. The van der Waals surface area contributed by atoms with Crippen LogP contribution >= 0.6 is 0 Å². The van der Waals surface area contributed by atoms with Crippen LogP contribution < -0.4 is 5.32 Å². The molecule has 0 spiro atoms. The largest absolute Gasteiger partial charge is 0.463 e. The summed E-state index contributed by atoms with van der Waals surface area (Å²) in [5, 5.41) is 13.7. The summed E-state index contributed by atoms with van der Waals surface area (Å²) in [5.74, 6) is -0.909. The van der Waals surface area contributed by atoms with Crippen molar-refractivity contribution in [1.82, 2.24) is 0 Å². The molecule has 0 aliphatic heterocycles. The van der Waals surface area contributed by atoms with Crippen molar-refractivity contribution in [1.29, 1.82) is 0 Å². The molecule has 0 atom stereocenters. The lowest BCUT2D eigenvalue weighted by Crippen LogP contribution is -2.11. The van der Waals surface area contributed by atoms with Gasteiger partial charge in [0, 0.05) is 23.2 Å². The number of furan rings is 1. The number of fused-ring (bicyclic) bond motifs is 1. The highest BCUT2D eigenvalue weighted by Gasteiger charge is 2.17. The van der Waals surface area contributed by atoms with Crippen LogP contribution in [0.1, 0.15) is 10.4 Å². The van der Waals surface area contributed by atoms with E-state index in [1.165, 1.54) is 48.7 Å². The molecule has 2 aromatic carbocycles. The smallest absolute Gasteiger partial charge is 0.270 e. The topological polar surface area (TPSA) is 85.4 Å². The van der Waals surface area contributed by atoms with E-state index in [1.807, 2.05) is 0 Å². The van der Waals surface area contributed by atoms with Crippen LogP contribution in [-0.4, -0.2) is 10.8 Å². The molecule has 110 valence electrons. The third kappa shape index (κ3) is 2.51. The van der Waals surface area contributed by atoms with Gasteiger partial charge in [-0.15, -0.1) is 0 Å². The number of carbonyl (C=O) groups excluding carboxylic acids is 1. The molecule has 6 nitrogen and oxygen atoms in total. The number of nitro benzene ring substituents is 1. The van der Waals surface area contributed by atoms with E-state index >= 15 is 0 Å². The van der Waals surface area contributed by atoms with E-state index in [4.69, 9.17) is 4.42 Å². The minimum Gasteiger partial charge on any atom is -0.463 e. The summed E-state index contributed by atoms with van der Waals surface area (Å²) in [6, 6.07) is 9.27. The number of hydrogen-bond acceptors (Lipinski definition) is 4. The van der Waals surface area contributed by atoms with Gasteiger partial charge in [-0.2, -0.15) is 0 Å². The van der Waals surface area contributed by atoms with Gasteiger partial charge in [0.15, 0.2) is 0 Å². The van der Waals surface area contributed by atoms with Crippen LogP contribution in [0.5, 0.6) is 0 Å². The normalized spacial score (nSPS) is 10.6. The number of halogens is 1. The van der Waals surface area contributed by atoms with Gasteiger partial charge in [-0.1, -0.05) is 0 Å². The average molecular weight is 300 g/mol. The Kier molecular flexibility index (Phi) is 3.30. The van der Waals surface area contributed by atoms with Crippen LogP contribution in [0.2, 0.25) is 0 Å². The van der Waals surface area contributed by atoms with Gasteiger partial charge < -0.3 is 9.73 Å². The molecule has 22 heavy (non-hydrogen) atoms. The molecule has 1 amide bonds. The van der Waals surface area contributed by atoms with Gasteiger partial charge in [0.2, 0.25) is 0 Å². The summed E-state index contributed by atoms with van der Waals surface area (Å²) in [4.78, 5) is 22.5. The predicted molar refractivity (Wildman–Crippen MR) is 77.2 cm³/mol. The second-order valence-corrected chi connectivity index (χ2v) is 4.55. The molecule has 0 fully saturated rings. The summed E-state index contributed by atoms with van der Waals surface area (Å²) < 4.78 is 18.1. The van der Waals surface area contributed by atoms with Crippen molar-refractivity contribution in [2.24, 2.45) is 0 Å². The molecule has 3 rings (SSSR count). The van der Waals surface area contributed by atoms with Crippen molar-refractivity contribution in [3.05, 3.63) is 70.2 Å². The van der Waals surface area contributed by atoms with Crippen molar-refractivity contribution in [3.63, 3.8) is 0 Å². The maximum absolute atomic E-state index is 12.8. The summed E-state index contributed by atoms with van der Waals surface area (Å²) in [6.07, 6.45) is 1.23. The van der Waals surface area contributed by atoms with Gasteiger partial charge in [-0.3, -0.25) is 14.9 Å². The van der Waals surface area contributed by atoms with Crippen LogP contribution in [0.15, 0.2) is 53.1 Å². The Hall–Kier alpha value is -3.22. The van der Waals surface area contributed by atoms with E-state index in [1.54, 1.807) is 0 Å². The summed E-state index contributed by atoms with van der Waals surface area (Å²) in [5.41, 5.74) is 0.814. The Balaban J connectivity index is 1.95. The number of carbonyl (C=O) groups is 1. The minimum absolute atomic E-state index is 0.135. The number of rotatable bonds is 3. The fourth-order valence-electron chi connectivity index (χ4n) is 2.04. The van der Waals surface area contributed by atoms with Gasteiger partial charge in [-0.25, -0.2) is 4.39 Å². The van der Waals surface area contributed by atoms with Gasteiger partial charge >= 0.3 is 0 Å². The third-order valence-corrected chi connectivity index (χ3v) is 3.11. The fourth-order valence-corrected chi connectivity index (χ4v) is 2.04. The maximum atomic E-state index is 12.8. The quantitative estimate of drug-likeness (QED) is 0.590. The van der Waals surface area contributed by atoms with E-state index in [2.05, 4.69) is 5.32 Å². The molecule has 1 N–H and O–H groups in total. The van der Waals surface area contributed by atoms with Crippen molar-refractivity contribution >= 4 is 28.3 Å². The van der Waals surface area contributed by atoms with Gasteiger partial charge in [0.05, 0.1) is 10.5 Å². The maximum Gasteiger partial charge on any atom is 0.270 e. The zero-order valence-corrected chi connectivity index (χ0v) is 11.1. The lowest BCUT2D eigenvalue weighted by molar-refractivity contribution is -0.384. The fraction of sp³-hybridized carbons (Fsp3) is 0. The van der Waals surface area contributed by atoms with E-state index < -0.39 is 16.6 Å². The molecule has 1 heterocycles. The van der Waals surface area contributed by atoms with Gasteiger partial charge in [-0.05, 0) is 30.3 Å². The number of non-ortho nitro benzene ring substituents is 1. The first kappa shape index (κ1) is 13.7. The molecular weight excluding hydrogens is 291 g/mol.